The molecule has 3 aromatic rings. The van der Waals surface area contributed by atoms with E-state index in [1.807, 2.05) is 0 Å². The number of ether oxygens (including phenoxy) is 2. The molecule has 0 aliphatic rings. The monoisotopic (exact) mass is 587 g/mol. The number of hydrogen-bond acceptors (Lipinski definition) is 6. The van der Waals surface area contributed by atoms with Crippen LogP contribution in [-0.4, -0.2) is 37.7 Å². The second-order valence-electron chi connectivity index (χ2n) is 6.76. The molecule has 0 heterocycles. The van der Waals surface area contributed by atoms with Crippen LogP contribution in [-0.2, 0) is 4.79 Å². The highest BCUT2D eigenvalue weighted by molar-refractivity contribution is 9.10. The van der Waals surface area contributed by atoms with Crippen LogP contribution in [0.3, 0.4) is 0 Å². The Bertz CT molecular complexity index is 1230. The van der Waals surface area contributed by atoms with Crippen LogP contribution in [0, 0.1) is 0 Å². The molecule has 0 fully saturated rings. The van der Waals surface area contributed by atoms with Crippen molar-refractivity contribution in [2.24, 2.45) is 5.10 Å². The van der Waals surface area contributed by atoms with Crippen LogP contribution < -0.4 is 20.2 Å². The van der Waals surface area contributed by atoms with Crippen LogP contribution >= 0.6 is 31.9 Å². The van der Waals surface area contributed by atoms with Gasteiger partial charge in [-0.15, -0.1) is 0 Å². The molecule has 0 atom stereocenters. The minimum Gasteiger partial charge on any atom is -0.493 e. The second-order valence-corrected chi connectivity index (χ2v) is 8.53. The summed E-state index contributed by atoms with van der Waals surface area (Å²) in [5.41, 5.74) is 3.75. The maximum atomic E-state index is 12.3. The second kappa shape index (κ2) is 12.1. The van der Waals surface area contributed by atoms with E-state index in [4.69, 9.17) is 9.47 Å². The predicted molar refractivity (Wildman–Crippen MR) is 134 cm³/mol. The van der Waals surface area contributed by atoms with Gasteiger partial charge in [-0.25, -0.2) is 10.2 Å². The van der Waals surface area contributed by atoms with Gasteiger partial charge in [0.1, 0.15) is 0 Å². The topological polar surface area (TPSA) is 106 Å². The highest BCUT2D eigenvalue weighted by atomic mass is 79.9. The van der Waals surface area contributed by atoms with Gasteiger partial charge in [0, 0.05) is 8.95 Å². The molecule has 2 N–H and O–H groups in total. The molecule has 0 aliphatic heterocycles. The third kappa shape index (κ3) is 7.00. The SMILES string of the molecule is COc1cc(C=NNC(=O)CNC(=O)c2ccccc2Br)ccc1OC(=O)c1ccc(Br)cc1. The maximum absolute atomic E-state index is 12.3. The Labute approximate surface area is 212 Å². The molecule has 3 rings (SSSR count). The zero-order valence-electron chi connectivity index (χ0n) is 17.9. The first-order valence-electron chi connectivity index (χ1n) is 9.88. The number of hydrazone groups is 1. The van der Waals surface area contributed by atoms with Crippen LogP contribution in [0.5, 0.6) is 11.5 Å². The maximum Gasteiger partial charge on any atom is 0.343 e. The lowest BCUT2D eigenvalue weighted by molar-refractivity contribution is -0.120. The minimum atomic E-state index is -0.524. The van der Waals surface area contributed by atoms with Crippen molar-refractivity contribution in [3.63, 3.8) is 0 Å². The van der Waals surface area contributed by atoms with E-state index in [1.54, 1.807) is 66.7 Å². The van der Waals surface area contributed by atoms with Crippen molar-refractivity contribution in [3.8, 4) is 11.5 Å². The van der Waals surface area contributed by atoms with Crippen molar-refractivity contribution < 1.29 is 23.9 Å². The van der Waals surface area contributed by atoms with Crippen molar-refractivity contribution in [1.29, 1.82) is 0 Å². The fourth-order valence-electron chi connectivity index (χ4n) is 2.71. The van der Waals surface area contributed by atoms with Gasteiger partial charge in [0.2, 0.25) is 0 Å². The Morgan fingerprint density at radius 2 is 1.71 bits per heavy atom. The highest BCUT2D eigenvalue weighted by Crippen LogP contribution is 2.28. The minimum absolute atomic E-state index is 0.242. The summed E-state index contributed by atoms with van der Waals surface area (Å²) in [5.74, 6) is -0.842. The van der Waals surface area contributed by atoms with Crippen molar-refractivity contribution in [3.05, 3.63) is 92.4 Å². The largest absolute Gasteiger partial charge is 0.493 e. The summed E-state index contributed by atoms with van der Waals surface area (Å²) in [4.78, 5) is 36.5. The van der Waals surface area contributed by atoms with Crippen molar-refractivity contribution in [2.45, 2.75) is 0 Å². The summed E-state index contributed by atoms with van der Waals surface area (Å²) >= 11 is 6.61. The summed E-state index contributed by atoms with van der Waals surface area (Å²) in [6.07, 6.45) is 1.40. The number of carbonyl (C=O) groups excluding carboxylic acids is 3. The number of rotatable bonds is 8. The molecular weight excluding hydrogens is 570 g/mol. The van der Waals surface area contributed by atoms with Gasteiger partial charge in [-0.05, 0) is 76.1 Å². The quantitative estimate of drug-likeness (QED) is 0.176. The molecule has 8 nitrogen and oxygen atoms in total. The first kappa shape index (κ1) is 25.1. The molecule has 10 heteroatoms. The number of amides is 2. The van der Waals surface area contributed by atoms with Crippen LogP contribution in [0.4, 0.5) is 0 Å². The van der Waals surface area contributed by atoms with Gasteiger partial charge < -0.3 is 14.8 Å². The number of esters is 1. The molecule has 2 amide bonds. The molecule has 0 spiro atoms. The molecule has 0 unspecified atom stereocenters. The number of halogens is 2. The van der Waals surface area contributed by atoms with Gasteiger partial charge in [-0.2, -0.15) is 5.10 Å². The van der Waals surface area contributed by atoms with Gasteiger partial charge in [0.05, 0.1) is 31.0 Å². The van der Waals surface area contributed by atoms with E-state index >= 15 is 0 Å². The summed E-state index contributed by atoms with van der Waals surface area (Å²) in [6.45, 7) is -0.244. The van der Waals surface area contributed by atoms with E-state index in [0.717, 1.165) is 4.47 Å². The molecule has 0 bridgehead atoms. The van der Waals surface area contributed by atoms with Crippen molar-refractivity contribution in [1.82, 2.24) is 10.7 Å². The Balaban J connectivity index is 1.54. The van der Waals surface area contributed by atoms with Gasteiger partial charge in [0.15, 0.2) is 11.5 Å². The zero-order valence-corrected chi connectivity index (χ0v) is 21.1. The van der Waals surface area contributed by atoms with Crippen molar-refractivity contribution in [2.75, 3.05) is 13.7 Å². The standard InChI is InChI=1S/C24H19Br2N3O5/c1-33-21-12-15(6-11-20(21)34-24(32)16-7-9-17(25)10-8-16)13-28-29-22(30)14-27-23(31)18-4-2-3-5-19(18)26/h2-13H,14H2,1H3,(H,27,31)(H,29,30). The summed E-state index contributed by atoms with van der Waals surface area (Å²) < 4.78 is 12.2. The highest BCUT2D eigenvalue weighted by Gasteiger charge is 2.13. The van der Waals surface area contributed by atoms with Crippen molar-refractivity contribution >= 4 is 55.9 Å². The van der Waals surface area contributed by atoms with Crippen LogP contribution in [0.1, 0.15) is 26.3 Å². The van der Waals surface area contributed by atoms with Gasteiger partial charge in [-0.1, -0.05) is 28.1 Å². The Morgan fingerprint density at radius 1 is 0.971 bits per heavy atom. The van der Waals surface area contributed by atoms with Gasteiger partial charge in [0.25, 0.3) is 11.8 Å². The third-order valence-corrected chi connectivity index (χ3v) is 5.62. The van der Waals surface area contributed by atoms with E-state index < -0.39 is 11.9 Å². The van der Waals surface area contributed by atoms with E-state index in [9.17, 15) is 14.4 Å². The molecular formula is C24H19Br2N3O5. The average Bonchev–Trinajstić information content (AvgIpc) is 2.84. The smallest absolute Gasteiger partial charge is 0.343 e. The van der Waals surface area contributed by atoms with E-state index in [-0.39, 0.29) is 18.2 Å². The lowest BCUT2D eigenvalue weighted by Crippen LogP contribution is -2.35. The Morgan fingerprint density at radius 3 is 2.41 bits per heavy atom. The number of methoxy groups -OCH3 is 1. The number of carbonyl (C=O) groups is 3. The Kier molecular flexibility index (Phi) is 8.94. The first-order valence-corrected chi connectivity index (χ1v) is 11.5. The van der Waals surface area contributed by atoms with Crippen LogP contribution in [0.15, 0.2) is 80.8 Å². The van der Waals surface area contributed by atoms with E-state index in [1.165, 1.54) is 13.3 Å². The fraction of sp³-hybridized carbons (Fsp3) is 0.0833. The number of hydrogen-bond donors (Lipinski definition) is 2. The van der Waals surface area contributed by atoms with Gasteiger partial charge >= 0.3 is 5.97 Å². The molecule has 0 saturated heterocycles. The molecule has 3 aromatic carbocycles. The first-order chi connectivity index (χ1) is 16.4. The zero-order chi connectivity index (χ0) is 24.5. The molecule has 174 valence electrons. The fourth-order valence-corrected chi connectivity index (χ4v) is 3.44. The summed E-state index contributed by atoms with van der Waals surface area (Å²) in [7, 11) is 1.45. The molecule has 0 aliphatic carbocycles. The average molecular weight is 589 g/mol. The van der Waals surface area contributed by atoms with Crippen LogP contribution in [0.2, 0.25) is 0 Å². The molecule has 0 radical (unpaired) electrons. The van der Waals surface area contributed by atoms with Crippen LogP contribution in [0.25, 0.3) is 0 Å². The third-order valence-electron chi connectivity index (χ3n) is 4.40. The molecule has 34 heavy (non-hydrogen) atoms. The normalized spacial score (nSPS) is 10.6. The lowest BCUT2D eigenvalue weighted by Gasteiger charge is -2.10. The number of benzene rings is 3. The lowest BCUT2D eigenvalue weighted by atomic mass is 10.2. The Hall–Kier alpha value is -3.50. The summed E-state index contributed by atoms with van der Waals surface area (Å²) in [6, 6.07) is 18.5. The molecule has 0 saturated carbocycles. The number of nitrogens with one attached hydrogen (secondary N) is 2. The molecule has 0 aromatic heterocycles. The predicted octanol–water partition coefficient (Wildman–Crippen LogP) is 4.32. The summed E-state index contributed by atoms with van der Waals surface area (Å²) in [5, 5.41) is 6.40. The van der Waals surface area contributed by atoms with E-state index in [2.05, 4.69) is 47.7 Å². The van der Waals surface area contributed by atoms with Gasteiger partial charge in [-0.3, -0.25) is 9.59 Å². The van der Waals surface area contributed by atoms with E-state index in [0.29, 0.717) is 26.9 Å². The number of nitrogens with zero attached hydrogens (tertiary/aromatic N) is 1.